The molecule has 0 aliphatic carbocycles. The van der Waals surface area contributed by atoms with Gasteiger partial charge in [-0.05, 0) is 42.3 Å². The smallest absolute Gasteiger partial charge is 0.213 e. The van der Waals surface area contributed by atoms with Crippen LogP contribution in [0.4, 0.5) is 0 Å². The van der Waals surface area contributed by atoms with Crippen molar-refractivity contribution in [2.24, 2.45) is 0 Å². The summed E-state index contributed by atoms with van der Waals surface area (Å²) in [5.74, 6) is 0.337. The third kappa shape index (κ3) is 4.14. The van der Waals surface area contributed by atoms with E-state index in [1.807, 2.05) is 6.92 Å². The third-order valence-electron chi connectivity index (χ3n) is 6.78. The van der Waals surface area contributed by atoms with Crippen molar-refractivity contribution in [3.63, 3.8) is 0 Å². The monoisotopic (exact) mass is 447 g/mol. The first kappa shape index (κ1) is 22.1. The summed E-state index contributed by atoms with van der Waals surface area (Å²) < 4.78 is 4.65. The summed E-state index contributed by atoms with van der Waals surface area (Å²) in [4.78, 5) is 11.7. The highest BCUT2D eigenvalue weighted by molar-refractivity contribution is 6.08. The van der Waals surface area contributed by atoms with Gasteiger partial charge in [-0.3, -0.25) is 4.79 Å². The summed E-state index contributed by atoms with van der Waals surface area (Å²) in [6.45, 7) is 5.95. The fourth-order valence-corrected chi connectivity index (χ4v) is 4.97. The first-order chi connectivity index (χ1) is 16.7. The number of Topliss-reactive ketones (excluding diaryl/α,β-unsaturated/α-hetero) is 1. The standard InChI is InChI=1S/C31H31N2O/c1-3-25(34)10-9-20-32-21-19-24(26-11-5-7-13-29(26)32)17-15-23-16-18-31-28(22-23)27-12-6-8-14-30(27)33(31)4-2/h5-8,11-19,21-22H,3-4,9-10,20H2,1-2H3/q+1. The summed E-state index contributed by atoms with van der Waals surface area (Å²) in [6.07, 6.45) is 8.73. The van der Waals surface area contributed by atoms with Crippen molar-refractivity contribution in [2.45, 2.75) is 46.2 Å². The number of carbonyl (C=O) groups is 1. The van der Waals surface area contributed by atoms with Crippen LogP contribution in [0.5, 0.6) is 0 Å². The summed E-state index contributed by atoms with van der Waals surface area (Å²) >= 11 is 0. The second-order valence-corrected chi connectivity index (χ2v) is 8.85. The molecule has 0 unspecified atom stereocenters. The maximum atomic E-state index is 11.7. The highest BCUT2D eigenvalue weighted by Gasteiger charge is 2.12. The SMILES string of the molecule is CCC(=O)CCC[n+]1ccc(C=Cc2ccc3c(c2)c2ccccc2n3CC)c2ccccc21. The molecule has 0 radical (unpaired) electrons. The Hall–Kier alpha value is -3.72. The molecule has 0 saturated heterocycles. The van der Waals surface area contributed by atoms with Gasteiger partial charge in [0, 0.05) is 59.7 Å². The predicted octanol–water partition coefficient (Wildman–Crippen LogP) is 7.18. The van der Waals surface area contributed by atoms with Crippen LogP contribution in [-0.4, -0.2) is 10.4 Å². The molecular weight excluding hydrogens is 416 g/mol. The third-order valence-corrected chi connectivity index (χ3v) is 6.78. The topological polar surface area (TPSA) is 25.9 Å². The lowest BCUT2D eigenvalue weighted by Gasteiger charge is -2.05. The molecule has 0 aliphatic heterocycles. The van der Waals surface area contributed by atoms with Gasteiger partial charge in [0.1, 0.15) is 12.3 Å². The molecule has 0 fully saturated rings. The van der Waals surface area contributed by atoms with E-state index in [2.05, 4.69) is 107 Å². The zero-order valence-electron chi connectivity index (χ0n) is 20.0. The van der Waals surface area contributed by atoms with Crippen LogP contribution in [0.3, 0.4) is 0 Å². The van der Waals surface area contributed by atoms with Gasteiger partial charge in [-0.15, -0.1) is 0 Å². The van der Waals surface area contributed by atoms with Gasteiger partial charge in [0.25, 0.3) is 0 Å². The number of hydrogen-bond acceptors (Lipinski definition) is 1. The summed E-state index contributed by atoms with van der Waals surface area (Å²) in [7, 11) is 0. The van der Waals surface area contributed by atoms with Crippen molar-refractivity contribution in [1.29, 1.82) is 0 Å². The largest absolute Gasteiger partial charge is 0.341 e. The average molecular weight is 448 g/mol. The summed E-state index contributed by atoms with van der Waals surface area (Å²) in [5.41, 5.74) is 6.18. The quantitative estimate of drug-likeness (QED) is 0.231. The van der Waals surface area contributed by atoms with Crippen LogP contribution in [0, 0.1) is 0 Å². The highest BCUT2D eigenvalue weighted by Crippen LogP contribution is 2.30. The van der Waals surface area contributed by atoms with Gasteiger partial charge in [-0.2, -0.15) is 4.57 Å². The van der Waals surface area contributed by atoms with Gasteiger partial charge < -0.3 is 4.57 Å². The number of para-hydroxylation sites is 2. The molecule has 2 heterocycles. The van der Waals surface area contributed by atoms with Crippen molar-refractivity contribution < 1.29 is 9.36 Å². The number of benzene rings is 3. The van der Waals surface area contributed by atoms with E-state index < -0.39 is 0 Å². The molecule has 3 aromatic carbocycles. The Bertz CT molecular complexity index is 1520. The first-order valence-corrected chi connectivity index (χ1v) is 12.3. The van der Waals surface area contributed by atoms with Gasteiger partial charge in [-0.25, -0.2) is 0 Å². The molecule has 5 rings (SSSR count). The first-order valence-electron chi connectivity index (χ1n) is 12.3. The number of aromatic nitrogens is 2. The maximum Gasteiger partial charge on any atom is 0.213 e. The molecule has 170 valence electrons. The maximum absolute atomic E-state index is 11.7. The second-order valence-electron chi connectivity index (χ2n) is 8.85. The molecule has 0 aliphatic rings. The van der Waals surface area contributed by atoms with Crippen LogP contribution in [0.2, 0.25) is 0 Å². The Morgan fingerprint density at radius 1 is 0.853 bits per heavy atom. The minimum atomic E-state index is 0.337. The molecule has 0 atom stereocenters. The summed E-state index contributed by atoms with van der Waals surface area (Å²) in [6, 6.07) is 26.1. The van der Waals surface area contributed by atoms with Crippen LogP contribution in [0.25, 0.3) is 44.9 Å². The number of hydrogen-bond donors (Lipinski definition) is 0. The molecule has 0 spiro atoms. The molecule has 34 heavy (non-hydrogen) atoms. The molecule has 2 aromatic heterocycles. The molecule has 0 N–H and O–H groups in total. The van der Waals surface area contributed by atoms with E-state index in [4.69, 9.17) is 0 Å². The van der Waals surface area contributed by atoms with Crippen LogP contribution >= 0.6 is 0 Å². The number of ketones is 1. The lowest BCUT2D eigenvalue weighted by Crippen LogP contribution is -2.34. The molecule has 5 aromatic rings. The van der Waals surface area contributed by atoms with E-state index in [0.29, 0.717) is 18.6 Å². The normalized spacial score (nSPS) is 11.8. The summed E-state index contributed by atoms with van der Waals surface area (Å²) in [5, 5.41) is 3.84. The van der Waals surface area contributed by atoms with Gasteiger partial charge in [0.2, 0.25) is 5.52 Å². The number of pyridine rings is 1. The predicted molar refractivity (Wildman–Crippen MR) is 143 cm³/mol. The molecular formula is C31H31N2O+. The lowest BCUT2D eigenvalue weighted by atomic mass is 10.1. The molecule has 3 heteroatoms. The highest BCUT2D eigenvalue weighted by atomic mass is 16.1. The Morgan fingerprint density at radius 3 is 2.44 bits per heavy atom. The Balaban J connectivity index is 1.48. The van der Waals surface area contributed by atoms with Crippen LogP contribution in [0.1, 0.15) is 44.2 Å². The van der Waals surface area contributed by atoms with E-state index in [0.717, 1.165) is 19.5 Å². The van der Waals surface area contributed by atoms with Crippen molar-refractivity contribution in [2.75, 3.05) is 0 Å². The van der Waals surface area contributed by atoms with Gasteiger partial charge >= 0.3 is 0 Å². The fraction of sp³-hybridized carbons (Fsp3) is 0.226. The molecule has 0 bridgehead atoms. The van der Waals surface area contributed by atoms with Crippen molar-refractivity contribution >= 4 is 50.6 Å². The molecule has 0 amide bonds. The number of aryl methyl sites for hydroxylation is 2. The van der Waals surface area contributed by atoms with Crippen LogP contribution < -0.4 is 4.57 Å². The van der Waals surface area contributed by atoms with Crippen LogP contribution in [0.15, 0.2) is 79.0 Å². The van der Waals surface area contributed by atoms with Crippen molar-refractivity contribution in [3.8, 4) is 0 Å². The second kappa shape index (κ2) is 9.64. The number of fused-ring (bicyclic) bond motifs is 4. The van der Waals surface area contributed by atoms with E-state index in [1.54, 1.807) is 0 Å². The minimum absolute atomic E-state index is 0.337. The van der Waals surface area contributed by atoms with E-state index in [9.17, 15) is 4.79 Å². The number of rotatable bonds is 8. The fourth-order valence-electron chi connectivity index (χ4n) is 4.97. The van der Waals surface area contributed by atoms with Crippen molar-refractivity contribution in [3.05, 3.63) is 90.1 Å². The van der Waals surface area contributed by atoms with Gasteiger partial charge in [0.05, 0.1) is 5.39 Å². The Kier molecular flexibility index (Phi) is 6.27. The van der Waals surface area contributed by atoms with E-state index in [-0.39, 0.29) is 0 Å². The molecule has 0 saturated carbocycles. The molecule has 3 nitrogen and oxygen atoms in total. The van der Waals surface area contributed by atoms with E-state index >= 15 is 0 Å². The minimum Gasteiger partial charge on any atom is -0.341 e. The zero-order chi connectivity index (χ0) is 23.5. The van der Waals surface area contributed by atoms with Crippen molar-refractivity contribution in [1.82, 2.24) is 4.57 Å². The Labute approximate surface area is 201 Å². The number of nitrogens with zero attached hydrogens (tertiary/aromatic N) is 2. The van der Waals surface area contributed by atoms with Gasteiger partial charge in [-0.1, -0.05) is 55.5 Å². The Morgan fingerprint density at radius 2 is 1.62 bits per heavy atom. The van der Waals surface area contributed by atoms with Crippen LogP contribution in [-0.2, 0) is 17.9 Å². The number of carbonyl (C=O) groups excluding carboxylic acids is 1. The van der Waals surface area contributed by atoms with Gasteiger partial charge in [0.15, 0.2) is 6.20 Å². The average Bonchev–Trinajstić information content (AvgIpc) is 3.20. The lowest BCUT2D eigenvalue weighted by molar-refractivity contribution is -0.671. The van der Waals surface area contributed by atoms with E-state index in [1.165, 1.54) is 43.8 Å². The zero-order valence-corrected chi connectivity index (χ0v) is 20.0.